The van der Waals surface area contributed by atoms with Crippen LogP contribution in [-0.4, -0.2) is 16.4 Å². The second kappa shape index (κ2) is 5.68. The molecule has 3 heteroatoms. The Kier molecular flexibility index (Phi) is 3.75. The van der Waals surface area contributed by atoms with Gasteiger partial charge in [0.25, 0.3) is 0 Å². The quantitative estimate of drug-likeness (QED) is 0.735. The van der Waals surface area contributed by atoms with E-state index in [1.165, 1.54) is 11.8 Å². The summed E-state index contributed by atoms with van der Waals surface area (Å²) >= 11 is 0. The Morgan fingerprint density at radius 2 is 2.30 bits per heavy atom. The van der Waals surface area contributed by atoms with Gasteiger partial charge in [-0.2, -0.15) is 5.10 Å². The van der Waals surface area contributed by atoms with Crippen molar-refractivity contribution in [1.82, 2.24) is 9.78 Å². The van der Waals surface area contributed by atoms with Crippen LogP contribution >= 0.6 is 0 Å². The zero-order valence-electron chi connectivity index (χ0n) is 12.1. The van der Waals surface area contributed by atoms with Crippen molar-refractivity contribution in [2.45, 2.75) is 45.8 Å². The highest BCUT2D eigenvalue weighted by Gasteiger charge is 2.19. The zero-order valence-corrected chi connectivity index (χ0v) is 12.1. The highest BCUT2D eigenvalue weighted by Crippen LogP contribution is 2.28. The summed E-state index contributed by atoms with van der Waals surface area (Å²) in [6.07, 6.45) is 4.39. The summed E-state index contributed by atoms with van der Waals surface area (Å²) in [6, 6.07) is 6.33. The third-order valence-electron chi connectivity index (χ3n) is 3.73. The van der Waals surface area contributed by atoms with Crippen LogP contribution < -0.4 is 0 Å². The maximum Gasteiger partial charge on any atom is 0.150 e. The Morgan fingerprint density at radius 3 is 3.05 bits per heavy atom. The molecule has 3 rings (SSSR count). The van der Waals surface area contributed by atoms with Gasteiger partial charge in [0.2, 0.25) is 0 Å². The Labute approximate surface area is 119 Å². The molecule has 1 aromatic carbocycles. The highest BCUT2D eigenvalue weighted by molar-refractivity contribution is 5.83. The molecule has 1 fully saturated rings. The largest absolute Gasteiger partial charge is 0.356 e. The normalized spacial score (nSPS) is 18.8. The minimum Gasteiger partial charge on any atom is -0.356 e. The van der Waals surface area contributed by atoms with Crippen molar-refractivity contribution in [2.75, 3.05) is 6.61 Å². The number of rotatable bonds is 1. The van der Waals surface area contributed by atoms with Crippen LogP contribution in [0.2, 0.25) is 0 Å². The highest BCUT2D eigenvalue weighted by atomic mass is 16.5. The minimum atomic E-state index is 0.0903. The van der Waals surface area contributed by atoms with Gasteiger partial charge in [0, 0.05) is 24.0 Å². The SMILES string of the molecule is CCC#Cc1ccc2c(c1)c(C)nn2C1CCCCO1. The van der Waals surface area contributed by atoms with Crippen molar-refractivity contribution in [2.24, 2.45) is 0 Å². The fourth-order valence-electron chi connectivity index (χ4n) is 2.70. The molecule has 3 nitrogen and oxygen atoms in total. The standard InChI is InChI=1S/C17H20N2O/c1-3-4-7-14-9-10-16-15(12-14)13(2)18-19(16)17-8-5-6-11-20-17/h9-10,12,17H,3,5-6,8,11H2,1-2H3. The van der Waals surface area contributed by atoms with Crippen molar-refractivity contribution >= 4 is 10.9 Å². The lowest BCUT2D eigenvalue weighted by Gasteiger charge is -2.23. The number of benzene rings is 1. The van der Waals surface area contributed by atoms with E-state index in [0.29, 0.717) is 0 Å². The summed E-state index contributed by atoms with van der Waals surface area (Å²) in [5.41, 5.74) is 3.26. The van der Waals surface area contributed by atoms with Crippen molar-refractivity contribution in [3.8, 4) is 11.8 Å². The summed E-state index contributed by atoms with van der Waals surface area (Å²) in [4.78, 5) is 0. The number of aryl methyl sites for hydroxylation is 1. The van der Waals surface area contributed by atoms with Crippen LogP contribution in [0.15, 0.2) is 18.2 Å². The predicted molar refractivity (Wildman–Crippen MR) is 80.5 cm³/mol. The number of hydrogen-bond acceptors (Lipinski definition) is 2. The van der Waals surface area contributed by atoms with Gasteiger partial charge in [-0.3, -0.25) is 0 Å². The van der Waals surface area contributed by atoms with Gasteiger partial charge in [-0.1, -0.05) is 18.8 Å². The van der Waals surface area contributed by atoms with E-state index in [2.05, 4.69) is 49.0 Å². The molecule has 104 valence electrons. The monoisotopic (exact) mass is 268 g/mol. The topological polar surface area (TPSA) is 27.1 Å². The minimum absolute atomic E-state index is 0.0903. The molecule has 0 N–H and O–H groups in total. The number of hydrogen-bond donors (Lipinski definition) is 0. The molecule has 1 aliphatic heterocycles. The van der Waals surface area contributed by atoms with Gasteiger partial charge < -0.3 is 4.74 Å². The first-order valence-corrected chi connectivity index (χ1v) is 7.39. The van der Waals surface area contributed by atoms with Crippen molar-refractivity contribution < 1.29 is 4.74 Å². The molecule has 1 atom stereocenters. The lowest BCUT2D eigenvalue weighted by atomic mass is 10.1. The van der Waals surface area contributed by atoms with Crippen molar-refractivity contribution in [3.63, 3.8) is 0 Å². The molecular formula is C17H20N2O. The summed E-state index contributed by atoms with van der Waals surface area (Å²) in [6.45, 7) is 4.96. The predicted octanol–water partition coefficient (Wildman–Crippen LogP) is 3.81. The first kappa shape index (κ1) is 13.2. The second-order valence-corrected chi connectivity index (χ2v) is 5.24. The van der Waals surface area contributed by atoms with Crippen LogP contribution in [0.1, 0.15) is 50.1 Å². The van der Waals surface area contributed by atoms with E-state index in [4.69, 9.17) is 4.74 Å². The van der Waals surface area contributed by atoms with Gasteiger partial charge in [0.15, 0.2) is 6.23 Å². The van der Waals surface area contributed by atoms with Crippen LogP contribution in [0, 0.1) is 18.8 Å². The van der Waals surface area contributed by atoms with Gasteiger partial charge in [-0.15, -0.1) is 0 Å². The summed E-state index contributed by atoms with van der Waals surface area (Å²) in [7, 11) is 0. The molecule has 2 aromatic rings. The van der Waals surface area contributed by atoms with Crippen molar-refractivity contribution in [1.29, 1.82) is 0 Å². The maximum atomic E-state index is 5.85. The molecule has 1 saturated heterocycles. The maximum absolute atomic E-state index is 5.85. The van der Waals surface area contributed by atoms with Crippen LogP contribution in [0.5, 0.6) is 0 Å². The number of ether oxygens (including phenoxy) is 1. The number of nitrogens with zero attached hydrogens (tertiary/aromatic N) is 2. The van der Waals surface area contributed by atoms with E-state index in [0.717, 1.165) is 42.6 Å². The van der Waals surface area contributed by atoms with E-state index in [-0.39, 0.29) is 6.23 Å². The van der Waals surface area contributed by atoms with E-state index in [1.54, 1.807) is 0 Å². The lowest BCUT2D eigenvalue weighted by molar-refractivity contribution is -0.0368. The summed E-state index contributed by atoms with van der Waals surface area (Å²) in [5.74, 6) is 6.30. The average molecular weight is 268 g/mol. The molecule has 1 aliphatic rings. The Balaban J connectivity index is 2.02. The third kappa shape index (κ3) is 2.44. The summed E-state index contributed by atoms with van der Waals surface area (Å²) < 4.78 is 7.90. The van der Waals surface area contributed by atoms with Gasteiger partial charge in [-0.25, -0.2) is 4.68 Å². The second-order valence-electron chi connectivity index (χ2n) is 5.24. The molecule has 20 heavy (non-hydrogen) atoms. The van der Waals surface area contributed by atoms with Gasteiger partial charge in [-0.05, 0) is 44.4 Å². The molecule has 1 unspecified atom stereocenters. The van der Waals surface area contributed by atoms with Crippen LogP contribution in [0.25, 0.3) is 10.9 Å². The Morgan fingerprint density at radius 1 is 1.40 bits per heavy atom. The summed E-state index contributed by atoms with van der Waals surface area (Å²) in [5, 5.41) is 5.86. The molecule has 0 radical (unpaired) electrons. The number of fused-ring (bicyclic) bond motifs is 1. The van der Waals surface area contributed by atoms with Gasteiger partial charge in [0.05, 0.1) is 11.2 Å². The lowest BCUT2D eigenvalue weighted by Crippen LogP contribution is -2.19. The molecule has 0 saturated carbocycles. The molecule has 0 aliphatic carbocycles. The van der Waals surface area contributed by atoms with Crippen molar-refractivity contribution in [3.05, 3.63) is 29.5 Å². The molecule has 0 spiro atoms. The first-order chi connectivity index (χ1) is 9.79. The van der Waals surface area contributed by atoms with Gasteiger partial charge in [0.1, 0.15) is 0 Å². The fourth-order valence-corrected chi connectivity index (χ4v) is 2.70. The zero-order chi connectivity index (χ0) is 13.9. The van der Waals surface area contributed by atoms with Crippen LogP contribution in [0.3, 0.4) is 0 Å². The Bertz CT molecular complexity index is 669. The molecule has 0 bridgehead atoms. The molecule has 0 amide bonds. The Hall–Kier alpha value is -1.79. The van der Waals surface area contributed by atoms with E-state index in [9.17, 15) is 0 Å². The first-order valence-electron chi connectivity index (χ1n) is 7.39. The molecule has 2 heterocycles. The van der Waals surface area contributed by atoms with Crippen LogP contribution in [-0.2, 0) is 4.74 Å². The fraction of sp³-hybridized carbons (Fsp3) is 0.471. The number of aromatic nitrogens is 2. The van der Waals surface area contributed by atoms with Crippen LogP contribution in [0.4, 0.5) is 0 Å². The third-order valence-corrected chi connectivity index (χ3v) is 3.73. The van der Waals surface area contributed by atoms with E-state index >= 15 is 0 Å². The van der Waals surface area contributed by atoms with Gasteiger partial charge >= 0.3 is 0 Å². The molecular weight excluding hydrogens is 248 g/mol. The molecule has 1 aromatic heterocycles. The van der Waals surface area contributed by atoms with E-state index < -0.39 is 0 Å². The smallest absolute Gasteiger partial charge is 0.150 e. The van der Waals surface area contributed by atoms with E-state index in [1.807, 2.05) is 4.68 Å². The average Bonchev–Trinajstić information content (AvgIpc) is 2.83.